The van der Waals surface area contributed by atoms with Gasteiger partial charge < -0.3 is 15.5 Å². The number of likely N-dealkylation sites (N-methyl/N-ethyl adjacent to an activating group) is 1. The van der Waals surface area contributed by atoms with E-state index in [4.69, 9.17) is 0 Å². The molecule has 1 amide bonds. The second-order valence-electron chi connectivity index (χ2n) is 3.74. The maximum Gasteiger partial charge on any atom is 0.251 e. The van der Waals surface area contributed by atoms with Gasteiger partial charge in [-0.05, 0) is 26.2 Å². The highest BCUT2D eigenvalue weighted by molar-refractivity contribution is 5.94. The van der Waals surface area contributed by atoms with Crippen LogP contribution in [0, 0.1) is 0 Å². The van der Waals surface area contributed by atoms with Crippen molar-refractivity contribution in [3.05, 3.63) is 23.9 Å². The fourth-order valence-electron chi connectivity index (χ4n) is 1.20. The maximum absolute atomic E-state index is 11.7. The summed E-state index contributed by atoms with van der Waals surface area (Å²) >= 11 is 0. The van der Waals surface area contributed by atoms with E-state index in [1.165, 1.54) is 0 Å². The third-order valence-electron chi connectivity index (χ3n) is 2.12. The van der Waals surface area contributed by atoms with Gasteiger partial charge in [0.2, 0.25) is 0 Å². The highest BCUT2D eigenvalue weighted by Crippen LogP contribution is 2.05. The van der Waals surface area contributed by atoms with Crippen LogP contribution < -0.4 is 10.6 Å². The van der Waals surface area contributed by atoms with Crippen LogP contribution in [0.25, 0.3) is 0 Å². The lowest BCUT2D eigenvalue weighted by atomic mass is 10.2. The molecule has 1 heterocycles. The van der Waals surface area contributed by atoms with E-state index in [2.05, 4.69) is 15.6 Å². The Bertz CT molecular complexity index is 352. The fourth-order valence-corrected chi connectivity index (χ4v) is 1.20. The van der Waals surface area contributed by atoms with Crippen molar-refractivity contribution < 1.29 is 4.79 Å². The van der Waals surface area contributed by atoms with Gasteiger partial charge in [0.15, 0.2) is 0 Å². The smallest absolute Gasteiger partial charge is 0.251 e. The van der Waals surface area contributed by atoms with Crippen LogP contribution in [0.5, 0.6) is 0 Å². The summed E-state index contributed by atoms with van der Waals surface area (Å²) in [6, 6.07) is 3.43. The Kier molecular flexibility index (Phi) is 4.72. The topological polar surface area (TPSA) is 57.3 Å². The summed E-state index contributed by atoms with van der Waals surface area (Å²) < 4.78 is 0. The number of aromatic nitrogens is 1. The Balaban J connectivity index is 2.52. The molecular weight excluding hydrogens is 204 g/mol. The highest BCUT2D eigenvalue weighted by Gasteiger charge is 2.05. The molecule has 1 aromatic rings. The van der Waals surface area contributed by atoms with Crippen molar-refractivity contribution in [3.63, 3.8) is 0 Å². The van der Waals surface area contributed by atoms with Gasteiger partial charge in [0.1, 0.15) is 5.82 Å². The van der Waals surface area contributed by atoms with Crippen LogP contribution in [-0.2, 0) is 0 Å². The minimum atomic E-state index is -0.0687. The quantitative estimate of drug-likeness (QED) is 0.758. The Morgan fingerprint density at radius 1 is 1.50 bits per heavy atom. The Morgan fingerprint density at radius 2 is 2.25 bits per heavy atom. The van der Waals surface area contributed by atoms with Crippen LogP contribution in [0.1, 0.15) is 10.4 Å². The van der Waals surface area contributed by atoms with Crippen molar-refractivity contribution in [2.45, 2.75) is 0 Å². The second kappa shape index (κ2) is 6.07. The number of hydrogen-bond donors (Lipinski definition) is 2. The molecule has 0 spiro atoms. The van der Waals surface area contributed by atoms with E-state index in [0.717, 1.165) is 6.54 Å². The van der Waals surface area contributed by atoms with Crippen molar-refractivity contribution in [3.8, 4) is 0 Å². The molecule has 0 aromatic carbocycles. The highest BCUT2D eigenvalue weighted by atomic mass is 16.1. The molecule has 0 aliphatic rings. The Morgan fingerprint density at radius 3 is 2.88 bits per heavy atom. The van der Waals surface area contributed by atoms with Gasteiger partial charge in [0.25, 0.3) is 5.91 Å². The molecular formula is C11H18N4O. The number of hydrogen-bond acceptors (Lipinski definition) is 4. The molecule has 16 heavy (non-hydrogen) atoms. The standard InChI is InChI=1S/C11H18N4O/c1-12-10-8-9(4-5-13-10)11(16)14-6-7-15(2)3/h4-5,8H,6-7H2,1-3H3,(H,12,13)(H,14,16). The van der Waals surface area contributed by atoms with Crippen LogP contribution in [0.2, 0.25) is 0 Å². The second-order valence-corrected chi connectivity index (χ2v) is 3.74. The average Bonchev–Trinajstić information content (AvgIpc) is 2.28. The average molecular weight is 222 g/mol. The maximum atomic E-state index is 11.7. The molecule has 0 aliphatic heterocycles. The van der Waals surface area contributed by atoms with Crippen LogP contribution in [0.15, 0.2) is 18.3 Å². The normalized spacial score (nSPS) is 10.2. The zero-order chi connectivity index (χ0) is 12.0. The van der Waals surface area contributed by atoms with Gasteiger partial charge in [0.05, 0.1) is 0 Å². The van der Waals surface area contributed by atoms with Crippen molar-refractivity contribution in [1.29, 1.82) is 0 Å². The molecule has 0 saturated heterocycles. The summed E-state index contributed by atoms with van der Waals surface area (Å²) in [4.78, 5) is 17.8. The number of rotatable bonds is 5. The van der Waals surface area contributed by atoms with Gasteiger partial charge in [0, 0.05) is 31.9 Å². The first-order chi connectivity index (χ1) is 7.63. The number of carbonyl (C=O) groups excluding carboxylic acids is 1. The lowest BCUT2D eigenvalue weighted by Crippen LogP contribution is -2.31. The van der Waals surface area contributed by atoms with Crippen LogP contribution >= 0.6 is 0 Å². The molecule has 0 bridgehead atoms. The Labute approximate surface area is 95.9 Å². The summed E-state index contributed by atoms with van der Waals surface area (Å²) in [6.45, 7) is 1.47. The molecule has 0 atom stereocenters. The number of pyridine rings is 1. The van der Waals surface area contributed by atoms with E-state index >= 15 is 0 Å². The summed E-state index contributed by atoms with van der Waals surface area (Å²) in [7, 11) is 5.71. The van der Waals surface area contributed by atoms with Gasteiger partial charge >= 0.3 is 0 Å². The number of anilines is 1. The molecule has 2 N–H and O–H groups in total. The Hall–Kier alpha value is -1.62. The van der Waals surface area contributed by atoms with Crippen molar-refractivity contribution in [2.24, 2.45) is 0 Å². The molecule has 0 aliphatic carbocycles. The lowest BCUT2D eigenvalue weighted by Gasteiger charge is -2.10. The van der Waals surface area contributed by atoms with Crippen LogP contribution in [0.4, 0.5) is 5.82 Å². The summed E-state index contributed by atoms with van der Waals surface area (Å²) in [6.07, 6.45) is 1.62. The zero-order valence-electron chi connectivity index (χ0n) is 9.95. The van der Waals surface area contributed by atoms with E-state index in [0.29, 0.717) is 17.9 Å². The van der Waals surface area contributed by atoms with Crippen molar-refractivity contribution in [2.75, 3.05) is 39.5 Å². The first-order valence-electron chi connectivity index (χ1n) is 5.20. The third kappa shape index (κ3) is 3.86. The van der Waals surface area contributed by atoms with Gasteiger partial charge in [-0.15, -0.1) is 0 Å². The monoisotopic (exact) mass is 222 g/mol. The van der Waals surface area contributed by atoms with E-state index in [9.17, 15) is 4.79 Å². The number of carbonyl (C=O) groups is 1. The molecule has 0 unspecified atom stereocenters. The van der Waals surface area contributed by atoms with Crippen molar-refractivity contribution >= 4 is 11.7 Å². The minimum Gasteiger partial charge on any atom is -0.373 e. The summed E-state index contributed by atoms with van der Waals surface area (Å²) in [5.41, 5.74) is 0.623. The minimum absolute atomic E-state index is 0.0687. The van der Waals surface area contributed by atoms with Crippen molar-refractivity contribution in [1.82, 2.24) is 15.2 Å². The molecule has 1 aromatic heterocycles. The molecule has 5 heteroatoms. The molecule has 1 rings (SSSR count). The van der Waals surface area contributed by atoms with Crippen LogP contribution in [-0.4, -0.2) is 50.0 Å². The van der Waals surface area contributed by atoms with Gasteiger partial charge in [-0.2, -0.15) is 0 Å². The third-order valence-corrected chi connectivity index (χ3v) is 2.12. The zero-order valence-corrected chi connectivity index (χ0v) is 9.95. The van der Waals surface area contributed by atoms with E-state index in [1.807, 2.05) is 19.0 Å². The molecule has 0 fully saturated rings. The van der Waals surface area contributed by atoms with E-state index < -0.39 is 0 Å². The van der Waals surface area contributed by atoms with E-state index in [1.54, 1.807) is 25.4 Å². The predicted molar refractivity (Wildman–Crippen MR) is 64.7 cm³/mol. The summed E-state index contributed by atoms with van der Waals surface area (Å²) in [5.74, 6) is 0.626. The molecule has 5 nitrogen and oxygen atoms in total. The number of nitrogens with one attached hydrogen (secondary N) is 2. The number of nitrogens with zero attached hydrogens (tertiary/aromatic N) is 2. The first kappa shape index (κ1) is 12.4. The first-order valence-corrected chi connectivity index (χ1v) is 5.20. The fraction of sp³-hybridized carbons (Fsp3) is 0.455. The largest absolute Gasteiger partial charge is 0.373 e. The lowest BCUT2D eigenvalue weighted by molar-refractivity contribution is 0.0951. The van der Waals surface area contributed by atoms with E-state index in [-0.39, 0.29) is 5.91 Å². The van der Waals surface area contributed by atoms with Crippen LogP contribution in [0.3, 0.4) is 0 Å². The van der Waals surface area contributed by atoms with Gasteiger partial charge in [-0.3, -0.25) is 4.79 Å². The predicted octanol–water partition coefficient (Wildman–Crippen LogP) is 0.415. The molecule has 0 saturated carbocycles. The summed E-state index contributed by atoms with van der Waals surface area (Å²) in [5, 5.41) is 5.74. The molecule has 0 radical (unpaired) electrons. The molecule has 88 valence electrons. The van der Waals surface area contributed by atoms with Gasteiger partial charge in [-0.25, -0.2) is 4.98 Å². The van der Waals surface area contributed by atoms with Gasteiger partial charge in [-0.1, -0.05) is 0 Å². The SMILES string of the molecule is CNc1cc(C(=O)NCCN(C)C)ccn1. The number of amides is 1.